The van der Waals surface area contributed by atoms with E-state index in [9.17, 15) is 23.1 Å². The van der Waals surface area contributed by atoms with E-state index in [0.717, 1.165) is 6.07 Å². The van der Waals surface area contributed by atoms with E-state index < -0.39 is 23.4 Å². The monoisotopic (exact) mass is 299 g/mol. The minimum Gasteiger partial charge on any atom is -0.480 e. The van der Waals surface area contributed by atoms with Crippen LogP contribution >= 0.6 is 0 Å². The van der Waals surface area contributed by atoms with E-state index in [4.69, 9.17) is 5.26 Å². The molecule has 0 spiro atoms. The lowest BCUT2D eigenvalue weighted by Gasteiger charge is -2.27. The zero-order valence-electron chi connectivity index (χ0n) is 11.0. The van der Waals surface area contributed by atoms with Crippen molar-refractivity contribution in [1.29, 1.82) is 5.26 Å². The van der Waals surface area contributed by atoms with Gasteiger partial charge in [-0.05, 0) is 37.8 Å². The summed E-state index contributed by atoms with van der Waals surface area (Å²) in [6.45, 7) is 1.39. The second-order valence-corrected chi connectivity index (χ2v) is 5.11. The van der Waals surface area contributed by atoms with E-state index in [1.165, 1.54) is 6.92 Å². The van der Waals surface area contributed by atoms with Crippen molar-refractivity contribution in [2.45, 2.75) is 31.5 Å². The molecule has 0 aromatic carbocycles. The number of carboxylic acid groups (broad SMARTS) is 1. The van der Waals surface area contributed by atoms with Crippen LogP contribution < -0.4 is 5.32 Å². The molecule has 0 radical (unpaired) electrons. The summed E-state index contributed by atoms with van der Waals surface area (Å²) < 4.78 is 38.0. The number of aliphatic carboxylic acids is 1. The van der Waals surface area contributed by atoms with Crippen molar-refractivity contribution in [2.75, 3.05) is 5.32 Å². The molecule has 1 unspecified atom stereocenters. The molecule has 1 aliphatic carbocycles. The molecule has 0 aliphatic heterocycles. The van der Waals surface area contributed by atoms with Crippen molar-refractivity contribution in [2.24, 2.45) is 5.92 Å². The van der Waals surface area contributed by atoms with Gasteiger partial charge in [0.15, 0.2) is 0 Å². The zero-order valence-corrected chi connectivity index (χ0v) is 11.0. The number of hydrogen-bond acceptors (Lipinski definition) is 4. The zero-order chi connectivity index (χ0) is 15.8. The predicted molar refractivity (Wildman–Crippen MR) is 66.3 cm³/mol. The highest BCUT2D eigenvalue weighted by Crippen LogP contribution is 2.42. The molecular weight excluding hydrogens is 287 g/mol. The normalized spacial score (nSPS) is 17.7. The molecule has 112 valence electrons. The molecule has 1 saturated carbocycles. The van der Waals surface area contributed by atoms with Gasteiger partial charge in [-0.1, -0.05) is 0 Å². The Labute approximate surface area is 118 Å². The topological polar surface area (TPSA) is 86.0 Å². The van der Waals surface area contributed by atoms with Crippen LogP contribution in [0.1, 0.15) is 31.0 Å². The van der Waals surface area contributed by atoms with Gasteiger partial charge in [0.1, 0.15) is 23.1 Å². The Morgan fingerprint density at radius 3 is 2.52 bits per heavy atom. The van der Waals surface area contributed by atoms with E-state index in [0.29, 0.717) is 18.9 Å². The smallest absolute Gasteiger partial charge is 0.433 e. The summed E-state index contributed by atoms with van der Waals surface area (Å²) in [5.41, 5.74) is -2.74. The molecule has 1 aromatic heterocycles. The van der Waals surface area contributed by atoms with Gasteiger partial charge in [-0.2, -0.15) is 18.4 Å². The number of alkyl halides is 3. The van der Waals surface area contributed by atoms with Gasteiger partial charge in [0.2, 0.25) is 0 Å². The predicted octanol–water partition coefficient (Wildman–Crippen LogP) is 2.64. The largest absolute Gasteiger partial charge is 0.480 e. The van der Waals surface area contributed by atoms with Crippen LogP contribution in [-0.2, 0) is 11.0 Å². The fourth-order valence-electron chi connectivity index (χ4n) is 2.04. The van der Waals surface area contributed by atoms with Crippen LogP contribution in [-0.4, -0.2) is 21.6 Å². The average Bonchev–Trinajstić information content (AvgIpc) is 3.21. The molecule has 1 aliphatic rings. The summed E-state index contributed by atoms with van der Waals surface area (Å²) in [4.78, 5) is 14.8. The van der Waals surface area contributed by atoms with E-state index >= 15 is 0 Å². The van der Waals surface area contributed by atoms with Gasteiger partial charge >= 0.3 is 12.1 Å². The number of halogens is 3. The molecule has 1 aromatic rings. The van der Waals surface area contributed by atoms with Crippen LogP contribution in [0.2, 0.25) is 0 Å². The summed E-state index contributed by atoms with van der Waals surface area (Å²) in [6, 6.07) is 3.38. The number of rotatable bonds is 4. The Hall–Kier alpha value is -2.30. The average molecular weight is 299 g/mol. The highest BCUT2D eigenvalue weighted by molar-refractivity contribution is 5.83. The third-order valence-corrected chi connectivity index (χ3v) is 3.52. The van der Waals surface area contributed by atoms with Crippen molar-refractivity contribution >= 4 is 11.8 Å². The van der Waals surface area contributed by atoms with Crippen molar-refractivity contribution < 1.29 is 23.1 Å². The number of nitriles is 1. The first-order valence-corrected chi connectivity index (χ1v) is 6.18. The van der Waals surface area contributed by atoms with E-state index in [1.807, 2.05) is 0 Å². The second kappa shape index (κ2) is 4.91. The fourth-order valence-corrected chi connectivity index (χ4v) is 2.04. The molecule has 21 heavy (non-hydrogen) atoms. The summed E-state index contributed by atoms with van der Waals surface area (Å²) in [6.07, 6.45) is -3.34. The minimum atomic E-state index is -4.66. The Morgan fingerprint density at radius 1 is 1.48 bits per heavy atom. The molecule has 1 fully saturated rings. The lowest BCUT2D eigenvalue weighted by atomic mass is 9.95. The molecule has 2 rings (SSSR count). The molecule has 2 N–H and O–H groups in total. The number of nitrogens with one attached hydrogen (secondary N) is 1. The van der Waals surface area contributed by atoms with Crippen LogP contribution in [0, 0.1) is 17.2 Å². The van der Waals surface area contributed by atoms with Crippen molar-refractivity contribution in [3.05, 3.63) is 23.4 Å². The highest BCUT2D eigenvalue weighted by Gasteiger charge is 2.48. The molecule has 0 saturated heterocycles. The van der Waals surface area contributed by atoms with Crippen molar-refractivity contribution in [1.82, 2.24) is 4.98 Å². The maximum Gasteiger partial charge on any atom is 0.433 e. The standard InChI is InChI=1S/C13H12F3N3O2/c1-12(11(20)21,8-3-4-8)19-10-7(6-17)2-5-9(18-10)13(14,15)16/h2,5,8H,3-4H2,1H3,(H,18,19)(H,20,21). The fraction of sp³-hybridized carbons (Fsp3) is 0.462. The van der Waals surface area contributed by atoms with Gasteiger partial charge in [-0.25, -0.2) is 9.78 Å². The van der Waals surface area contributed by atoms with E-state index in [2.05, 4.69) is 10.3 Å². The maximum atomic E-state index is 12.7. The lowest BCUT2D eigenvalue weighted by Crippen LogP contribution is -2.46. The van der Waals surface area contributed by atoms with E-state index in [-0.39, 0.29) is 17.3 Å². The molecule has 8 heteroatoms. The van der Waals surface area contributed by atoms with Gasteiger partial charge in [-0.15, -0.1) is 0 Å². The summed E-state index contributed by atoms with van der Waals surface area (Å²) >= 11 is 0. The number of carbonyl (C=O) groups is 1. The van der Waals surface area contributed by atoms with Crippen molar-refractivity contribution in [3.8, 4) is 6.07 Å². The van der Waals surface area contributed by atoms with Crippen LogP contribution in [0.25, 0.3) is 0 Å². The molecule has 1 atom stereocenters. The number of hydrogen-bond donors (Lipinski definition) is 2. The maximum absolute atomic E-state index is 12.7. The number of carboxylic acids is 1. The number of nitrogens with zero attached hydrogens (tertiary/aromatic N) is 2. The minimum absolute atomic E-state index is 0.129. The van der Waals surface area contributed by atoms with Gasteiger partial charge in [-0.3, -0.25) is 0 Å². The van der Waals surface area contributed by atoms with Crippen LogP contribution in [0.3, 0.4) is 0 Å². The quantitative estimate of drug-likeness (QED) is 0.892. The third kappa shape index (κ3) is 2.91. The first-order valence-electron chi connectivity index (χ1n) is 6.18. The first-order chi connectivity index (χ1) is 9.68. The molecule has 5 nitrogen and oxygen atoms in total. The van der Waals surface area contributed by atoms with Gasteiger partial charge in [0.25, 0.3) is 0 Å². The third-order valence-electron chi connectivity index (χ3n) is 3.52. The molecule has 0 bridgehead atoms. The summed E-state index contributed by atoms with van der Waals surface area (Å²) in [5.74, 6) is -1.74. The number of aromatic nitrogens is 1. The van der Waals surface area contributed by atoms with Gasteiger partial charge in [0.05, 0.1) is 5.56 Å². The Balaban J connectivity index is 2.42. The molecular formula is C13H12F3N3O2. The Bertz CT molecular complexity index is 620. The van der Waals surface area contributed by atoms with Gasteiger partial charge < -0.3 is 10.4 Å². The van der Waals surface area contributed by atoms with Crippen LogP contribution in [0.4, 0.5) is 19.0 Å². The van der Waals surface area contributed by atoms with Gasteiger partial charge in [0, 0.05) is 0 Å². The summed E-state index contributed by atoms with van der Waals surface area (Å²) in [7, 11) is 0. The molecule has 0 amide bonds. The summed E-state index contributed by atoms with van der Waals surface area (Å²) in [5, 5.41) is 20.8. The Kier molecular flexibility index (Phi) is 3.53. The Morgan fingerprint density at radius 2 is 2.10 bits per heavy atom. The SMILES string of the molecule is CC(Nc1nc(C(F)(F)F)ccc1C#N)(C(=O)O)C1CC1. The van der Waals surface area contributed by atoms with Crippen LogP contribution in [0.5, 0.6) is 0 Å². The van der Waals surface area contributed by atoms with E-state index in [1.54, 1.807) is 6.07 Å². The van der Waals surface area contributed by atoms with Crippen molar-refractivity contribution in [3.63, 3.8) is 0 Å². The highest BCUT2D eigenvalue weighted by atomic mass is 19.4. The second-order valence-electron chi connectivity index (χ2n) is 5.11. The lowest BCUT2D eigenvalue weighted by molar-refractivity contribution is -0.142. The van der Waals surface area contributed by atoms with Crippen LogP contribution in [0.15, 0.2) is 12.1 Å². The first kappa shape index (κ1) is 15.1. The number of pyridine rings is 1. The molecule has 1 heterocycles. The number of anilines is 1.